The molecule has 7 heteroatoms. The first-order valence-electron chi connectivity index (χ1n) is 8.16. The van der Waals surface area contributed by atoms with E-state index < -0.39 is 0 Å². The van der Waals surface area contributed by atoms with Gasteiger partial charge in [0.05, 0.1) is 21.3 Å². The number of thiazole rings is 1. The van der Waals surface area contributed by atoms with Crippen molar-refractivity contribution < 1.29 is 14.4 Å². The van der Waals surface area contributed by atoms with E-state index in [1.54, 1.807) is 24.3 Å². The minimum absolute atomic E-state index is 0.0282. The summed E-state index contributed by atoms with van der Waals surface area (Å²) in [5.74, 6) is -0.985. The fourth-order valence-electron chi connectivity index (χ4n) is 2.98. The molecule has 0 saturated heterocycles. The van der Waals surface area contributed by atoms with Gasteiger partial charge in [-0.2, -0.15) is 0 Å². The van der Waals surface area contributed by atoms with Crippen LogP contribution in [-0.4, -0.2) is 34.2 Å². The van der Waals surface area contributed by atoms with Crippen molar-refractivity contribution in [1.82, 2.24) is 9.88 Å². The number of imide groups is 1. The number of carbonyl (C=O) groups is 3. The molecule has 0 atom stereocenters. The molecule has 0 spiro atoms. The summed E-state index contributed by atoms with van der Waals surface area (Å²) < 4.78 is 1.00. The van der Waals surface area contributed by atoms with Gasteiger partial charge in [-0.05, 0) is 30.7 Å². The fourth-order valence-corrected chi connectivity index (χ4v) is 3.94. The number of nitrogens with one attached hydrogen (secondary N) is 1. The number of benzene rings is 2. The molecule has 1 N–H and O–H groups in total. The quantitative estimate of drug-likeness (QED) is 0.720. The van der Waals surface area contributed by atoms with Crippen molar-refractivity contribution in [1.29, 1.82) is 0 Å². The highest BCUT2D eigenvalue weighted by molar-refractivity contribution is 7.22. The Hall–Kier alpha value is -3.06. The molecule has 3 aromatic rings. The molecule has 6 nitrogen and oxygen atoms in total. The Morgan fingerprint density at radius 2 is 1.77 bits per heavy atom. The van der Waals surface area contributed by atoms with Crippen LogP contribution in [0.5, 0.6) is 0 Å². The number of amides is 3. The normalized spacial score (nSPS) is 13.3. The smallest absolute Gasteiger partial charge is 0.261 e. The van der Waals surface area contributed by atoms with E-state index in [9.17, 15) is 14.4 Å². The molecule has 2 heterocycles. The molecule has 3 amide bonds. The fraction of sp³-hybridized carbons (Fsp3) is 0.158. The van der Waals surface area contributed by atoms with Crippen LogP contribution in [0.2, 0.25) is 0 Å². The minimum Gasteiger partial charge on any atom is -0.302 e. The summed E-state index contributed by atoms with van der Waals surface area (Å²) in [6.07, 6.45) is 0.0282. The zero-order chi connectivity index (χ0) is 18.3. The number of aromatic nitrogens is 1. The van der Waals surface area contributed by atoms with Crippen molar-refractivity contribution in [2.45, 2.75) is 13.3 Å². The van der Waals surface area contributed by atoms with Gasteiger partial charge in [0.2, 0.25) is 5.91 Å². The minimum atomic E-state index is -0.353. The van der Waals surface area contributed by atoms with E-state index in [1.165, 1.54) is 11.3 Å². The van der Waals surface area contributed by atoms with Crippen LogP contribution in [0.1, 0.15) is 32.7 Å². The number of anilines is 1. The zero-order valence-electron chi connectivity index (χ0n) is 14.0. The van der Waals surface area contributed by atoms with Crippen LogP contribution in [0.4, 0.5) is 5.13 Å². The summed E-state index contributed by atoms with van der Waals surface area (Å²) in [5.41, 5.74) is 2.69. The summed E-state index contributed by atoms with van der Waals surface area (Å²) >= 11 is 1.40. The zero-order valence-corrected chi connectivity index (χ0v) is 14.8. The lowest BCUT2D eigenvalue weighted by Gasteiger charge is -2.12. The van der Waals surface area contributed by atoms with E-state index in [2.05, 4.69) is 10.3 Å². The topological polar surface area (TPSA) is 79.4 Å². The average molecular weight is 365 g/mol. The predicted octanol–water partition coefficient (Wildman–Crippen LogP) is 3.23. The molecule has 0 saturated carbocycles. The van der Waals surface area contributed by atoms with Crippen molar-refractivity contribution >= 4 is 44.4 Å². The van der Waals surface area contributed by atoms with Crippen molar-refractivity contribution in [2.24, 2.45) is 0 Å². The summed E-state index contributed by atoms with van der Waals surface area (Å²) in [7, 11) is 0. The summed E-state index contributed by atoms with van der Waals surface area (Å²) in [6.45, 7) is 2.01. The van der Waals surface area contributed by atoms with E-state index in [0.29, 0.717) is 16.3 Å². The molecule has 1 aliphatic rings. The Kier molecular flexibility index (Phi) is 4.00. The van der Waals surface area contributed by atoms with E-state index >= 15 is 0 Å². The third kappa shape index (κ3) is 2.76. The van der Waals surface area contributed by atoms with E-state index in [0.717, 1.165) is 20.7 Å². The van der Waals surface area contributed by atoms with Gasteiger partial charge in [0.1, 0.15) is 0 Å². The number of aryl methyl sites for hydroxylation is 1. The van der Waals surface area contributed by atoms with Gasteiger partial charge in [0.25, 0.3) is 11.8 Å². The lowest BCUT2D eigenvalue weighted by molar-refractivity contribution is -0.116. The Labute approximate surface area is 153 Å². The van der Waals surface area contributed by atoms with Crippen LogP contribution in [0.3, 0.4) is 0 Å². The highest BCUT2D eigenvalue weighted by Crippen LogP contribution is 2.28. The highest BCUT2D eigenvalue weighted by atomic mass is 32.1. The van der Waals surface area contributed by atoms with Crippen LogP contribution < -0.4 is 5.32 Å². The number of hydrogen-bond donors (Lipinski definition) is 1. The second-order valence-electron chi connectivity index (χ2n) is 6.05. The molecule has 0 unspecified atom stereocenters. The second-order valence-corrected chi connectivity index (χ2v) is 7.08. The van der Waals surface area contributed by atoms with Gasteiger partial charge in [0.15, 0.2) is 5.13 Å². The van der Waals surface area contributed by atoms with Gasteiger partial charge in [-0.15, -0.1) is 0 Å². The first-order valence-corrected chi connectivity index (χ1v) is 8.97. The first kappa shape index (κ1) is 16.4. The van der Waals surface area contributed by atoms with Gasteiger partial charge in [-0.25, -0.2) is 4.98 Å². The number of fused-ring (bicyclic) bond motifs is 2. The SMILES string of the molecule is Cc1cccc2sc(NC(=O)CCN3C(=O)c4ccccc4C3=O)nc12. The Balaban J connectivity index is 1.42. The molecule has 2 aromatic carbocycles. The molecule has 1 aliphatic heterocycles. The van der Waals surface area contributed by atoms with Gasteiger partial charge in [0, 0.05) is 13.0 Å². The van der Waals surface area contributed by atoms with Gasteiger partial charge in [-0.1, -0.05) is 35.6 Å². The highest BCUT2D eigenvalue weighted by Gasteiger charge is 2.34. The molecule has 0 aliphatic carbocycles. The van der Waals surface area contributed by atoms with Crippen LogP contribution in [0, 0.1) is 6.92 Å². The molecular formula is C19H15N3O3S. The standard InChI is InChI=1S/C19H15N3O3S/c1-11-5-4-8-14-16(11)21-19(26-14)20-15(23)9-10-22-17(24)12-6-2-3-7-13(12)18(22)25/h2-8H,9-10H2,1H3,(H,20,21,23). The first-order chi connectivity index (χ1) is 12.5. The van der Waals surface area contributed by atoms with E-state index in [1.807, 2.05) is 25.1 Å². The molecule has 0 fully saturated rings. The number of para-hydroxylation sites is 1. The summed E-state index contributed by atoms with van der Waals surface area (Å²) in [6, 6.07) is 12.6. The maximum absolute atomic E-state index is 12.3. The number of nitrogens with zero attached hydrogens (tertiary/aromatic N) is 2. The van der Waals surface area contributed by atoms with E-state index in [4.69, 9.17) is 0 Å². The molecule has 4 rings (SSSR count). The molecule has 0 bridgehead atoms. The van der Waals surface area contributed by atoms with Crippen molar-refractivity contribution in [3.8, 4) is 0 Å². The Morgan fingerprint density at radius 1 is 1.08 bits per heavy atom. The van der Waals surface area contributed by atoms with Gasteiger partial charge >= 0.3 is 0 Å². The van der Waals surface area contributed by atoms with Crippen LogP contribution >= 0.6 is 11.3 Å². The summed E-state index contributed by atoms with van der Waals surface area (Å²) in [4.78, 5) is 42.4. The van der Waals surface area contributed by atoms with Gasteiger partial charge in [-0.3, -0.25) is 19.3 Å². The number of hydrogen-bond acceptors (Lipinski definition) is 5. The molecule has 26 heavy (non-hydrogen) atoms. The lowest BCUT2D eigenvalue weighted by atomic mass is 10.1. The lowest BCUT2D eigenvalue weighted by Crippen LogP contribution is -2.32. The molecular weight excluding hydrogens is 350 g/mol. The van der Waals surface area contributed by atoms with Crippen molar-refractivity contribution in [3.63, 3.8) is 0 Å². The van der Waals surface area contributed by atoms with Crippen LogP contribution in [0.15, 0.2) is 42.5 Å². The maximum atomic E-state index is 12.3. The predicted molar refractivity (Wildman–Crippen MR) is 99.4 cm³/mol. The van der Waals surface area contributed by atoms with Crippen molar-refractivity contribution in [3.05, 3.63) is 59.2 Å². The second kappa shape index (κ2) is 6.34. The largest absolute Gasteiger partial charge is 0.302 e. The molecule has 0 radical (unpaired) electrons. The Morgan fingerprint density at radius 3 is 2.42 bits per heavy atom. The van der Waals surface area contributed by atoms with Crippen LogP contribution in [0.25, 0.3) is 10.2 Å². The molecule has 130 valence electrons. The van der Waals surface area contributed by atoms with E-state index in [-0.39, 0.29) is 30.7 Å². The Bertz CT molecular complexity index is 1020. The monoisotopic (exact) mass is 365 g/mol. The van der Waals surface area contributed by atoms with Crippen LogP contribution in [-0.2, 0) is 4.79 Å². The summed E-state index contributed by atoms with van der Waals surface area (Å²) in [5, 5.41) is 3.27. The third-order valence-corrected chi connectivity index (χ3v) is 5.24. The van der Waals surface area contributed by atoms with Crippen molar-refractivity contribution in [2.75, 3.05) is 11.9 Å². The van der Waals surface area contributed by atoms with Gasteiger partial charge < -0.3 is 5.32 Å². The maximum Gasteiger partial charge on any atom is 0.261 e. The number of rotatable bonds is 4. The molecule has 1 aromatic heterocycles. The third-order valence-electron chi connectivity index (χ3n) is 4.31. The average Bonchev–Trinajstić information content (AvgIpc) is 3.14. The number of carbonyl (C=O) groups excluding carboxylic acids is 3.